The minimum atomic E-state index is -2.96. The molecule has 1 aromatic carbocycles. The van der Waals surface area contributed by atoms with E-state index in [1.165, 1.54) is 6.26 Å². The van der Waals surface area contributed by atoms with Gasteiger partial charge in [-0.1, -0.05) is 12.1 Å². The number of sulfone groups is 1. The lowest BCUT2D eigenvalue weighted by Crippen LogP contribution is -2.25. The van der Waals surface area contributed by atoms with Crippen LogP contribution in [0, 0.1) is 0 Å². The van der Waals surface area contributed by atoms with Gasteiger partial charge in [-0.15, -0.1) is 0 Å². The van der Waals surface area contributed by atoms with E-state index in [1.54, 1.807) is 12.1 Å². The summed E-state index contributed by atoms with van der Waals surface area (Å²) in [4.78, 5) is 11.8. The van der Waals surface area contributed by atoms with Crippen LogP contribution in [0.2, 0.25) is 0 Å². The predicted molar refractivity (Wildman–Crippen MR) is 75.9 cm³/mol. The lowest BCUT2D eigenvalue weighted by atomic mass is 10.1. The number of hydrogen-bond donors (Lipinski definition) is 2. The van der Waals surface area contributed by atoms with E-state index < -0.39 is 9.84 Å². The second-order valence-corrected chi connectivity index (χ2v) is 6.73. The largest absolute Gasteiger partial charge is 0.352 e. The van der Waals surface area contributed by atoms with Gasteiger partial charge in [-0.25, -0.2) is 8.42 Å². The molecule has 1 rings (SSSR count). The standard InChI is InChI=1S/C13H20N2O3S/c1-19(17,18)10-2-9-15-13(16)12-5-3-11(4-6-12)7-8-14/h3-6H,2,7-10,14H2,1H3,(H,15,16). The summed E-state index contributed by atoms with van der Waals surface area (Å²) in [5.74, 6) is -0.101. The highest BCUT2D eigenvalue weighted by Crippen LogP contribution is 2.04. The number of amides is 1. The van der Waals surface area contributed by atoms with E-state index >= 15 is 0 Å². The molecule has 0 unspecified atom stereocenters. The fourth-order valence-corrected chi connectivity index (χ4v) is 2.30. The molecule has 5 nitrogen and oxygen atoms in total. The zero-order valence-electron chi connectivity index (χ0n) is 11.1. The molecule has 106 valence electrons. The van der Waals surface area contributed by atoms with Crippen molar-refractivity contribution in [3.63, 3.8) is 0 Å². The summed E-state index contributed by atoms with van der Waals surface area (Å²) < 4.78 is 21.8. The molecular formula is C13H20N2O3S. The number of benzene rings is 1. The molecule has 3 N–H and O–H groups in total. The molecule has 6 heteroatoms. The maximum Gasteiger partial charge on any atom is 0.251 e. The average Bonchev–Trinajstić information content (AvgIpc) is 2.34. The van der Waals surface area contributed by atoms with Gasteiger partial charge in [0.2, 0.25) is 0 Å². The molecule has 0 aromatic heterocycles. The Balaban J connectivity index is 2.41. The number of rotatable bonds is 7. The summed E-state index contributed by atoms with van der Waals surface area (Å²) in [7, 11) is -2.96. The Morgan fingerprint density at radius 1 is 1.26 bits per heavy atom. The molecule has 19 heavy (non-hydrogen) atoms. The van der Waals surface area contributed by atoms with Gasteiger partial charge in [-0.2, -0.15) is 0 Å². The van der Waals surface area contributed by atoms with E-state index in [2.05, 4.69) is 5.32 Å². The van der Waals surface area contributed by atoms with E-state index in [-0.39, 0.29) is 11.7 Å². The number of nitrogens with two attached hydrogens (primary N) is 1. The summed E-state index contributed by atoms with van der Waals surface area (Å²) in [6.45, 7) is 0.938. The van der Waals surface area contributed by atoms with Crippen molar-refractivity contribution in [3.05, 3.63) is 35.4 Å². The summed E-state index contributed by atoms with van der Waals surface area (Å²) in [5.41, 5.74) is 7.11. The smallest absolute Gasteiger partial charge is 0.251 e. The SMILES string of the molecule is CS(=O)(=O)CCCNC(=O)c1ccc(CCN)cc1. The quantitative estimate of drug-likeness (QED) is 0.707. The first kappa shape index (κ1) is 15.7. The molecular weight excluding hydrogens is 264 g/mol. The second kappa shape index (κ2) is 7.25. The van der Waals surface area contributed by atoms with Crippen molar-refractivity contribution >= 4 is 15.7 Å². The monoisotopic (exact) mass is 284 g/mol. The summed E-state index contributed by atoms with van der Waals surface area (Å²) in [5, 5.41) is 2.69. The molecule has 0 saturated heterocycles. The lowest BCUT2D eigenvalue weighted by Gasteiger charge is -2.05. The van der Waals surface area contributed by atoms with Gasteiger partial charge in [0.15, 0.2) is 0 Å². The van der Waals surface area contributed by atoms with Crippen LogP contribution in [-0.4, -0.2) is 39.4 Å². The highest BCUT2D eigenvalue weighted by atomic mass is 32.2. The molecule has 0 aliphatic carbocycles. The first-order chi connectivity index (χ1) is 8.92. The highest BCUT2D eigenvalue weighted by Gasteiger charge is 2.06. The fourth-order valence-electron chi connectivity index (χ4n) is 1.63. The van der Waals surface area contributed by atoms with Crippen LogP contribution < -0.4 is 11.1 Å². The van der Waals surface area contributed by atoms with Crippen LogP contribution in [0.1, 0.15) is 22.3 Å². The Morgan fingerprint density at radius 3 is 2.42 bits per heavy atom. The van der Waals surface area contributed by atoms with Crippen molar-refractivity contribution in [3.8, 4) is 0 Å². The van der Waals surface area contributed by atoms with Crippen LogP contribution in [0.3, 0.4) is 0 Å². The fraction of sp³-hybridized carbons (Fsp3) is 0.462. The number of carbonyl (C=O) groups is 1. The van der Waals surface area contributed by atoms with Crippen molar-refractivity contribution in [1.82, 2.24) is 5.32 Å². The van der Waals surface area contributed by atoms with Crippen molar-refractivity contribution in [2.75, 3.05) is 25.1 Å². The van der Waals surface area contributed by atoms with Gasteiger partial charge in [-0.3, -0.25) is 4.79 Å². The molecule has 0 saturated carbocycles. The summed E-state index contributed by atoms with van der Waals surface area (Å²) in [6, 6.07) is 7.24. The highest BCUT2D eigenvalue weighted by molar-refractivity contribution is 7.90. The van der Waals surface area contributed by atoms with Crippen molar-refractivity contribution < 1.29 is 13.2 Å². The maximum atomic E-state index is 11.8. The molecule has 0 radical (unpaired) electrons. The van der Waals surface area contributed by atoms with Crippen LogP contribution in [0.5, 0.6) is 0 Å². The molecule has 1 aromatic rings. The molecule has 0 aliphatic rings. The molecule has 0 bridgehead atoms. The zero-order chi connectivity index (χ0) is 14.3. The van der Waals surface area contributed by atoms with E-state index in [0.717, 1.165) is 12.0 Å². The maximum absolute atomic E-state index is 11.8. The normalized spacial score (nSPS) is 11.3. The molecule has 0 spiro atoms. The van der Waals surface area contributed by atoms with Crippen molar-refractivity contribution in [1.29, 1.82) is 0 Å². The number of hydrogen-bond acceptors (Lipinski definition) is 4. The van der Waals surface area contributed by atoms with Gasteiger partial charge < -0.3 is 11.1 Å². The van der Waals surface area contributed by atoms with Gasteiger partial charge in [-0.05, 0) is 37.1 Å². The van der Waals surface area contributed by atoms with E-state index in [0.29, 0.717) is 25.1 Å². The summed E-state index contributed by atoms with van der Waals surface area (Å²) >= 11 is 0. The van der Waals surface area contributed by atoms with Crippen molar-refractivity contribution in [2.24, 2.45) is 5.73 Å². The Hall–Kier alpha value is -1.40. The number of carbonyl (C=O) groups excluding carboxylic acids is 1. The van der Waals surface area contributed by atoms with E-state index in [4.69, 9.17) is 5.73 Å². The van der Waals surface area contributed by atoms with E-state index in [1.807, 2.05) is 12.1 Å². The Bertz CT molecular complexity index is 509. The molecule has 1 amide bonds. The van der Waals surface area contributed by atoms with Gasteiger partial charge in [0, 0.05) is 18.4 Å². The Labute approximate surface area is 114 Å². The predicted octanol–water partition coefficient (Wildman–Crippen LogP) is 0.352. The van der Waals surface area contributed by atoms with Gasteiger partial charge >= 0.3 is 0 Å². The lowest BCUT2D eigenvalue weighted by molar-refractivity contribution is 0.0953. The van der Waals surface area contributed by atoms with Gasteiger partial charge in [0.1, 0.15) is 9.84 Å². The number of nitrogens with one attached hydrogen (secondary N) is 1. The zero-order valence-corrected chi connectivity index (χ0v) is 11.9. The molecule has 0 heterocycles. The summed E-state index contributed by atoms with van der Waals surface area (Å²) in [6.07, 6.45) is 2.40. The molecule has 0 aliphatic heterocycles. The minimum absolute atomic E-state index is 0.0860. The van der Waals surface area contributed by atoms with Crippen LogP contribution in [-0.2, 0) is 16.3 Å². The topological polar surface area (TPSA) is 89.3 Å². The molecule has 0 fully saturated rings. The third-order valence-corrected chi connectivity index (χ3v) is 3.66. The second-order valence-electron chi connectivity index (χ2n) is 4.47. The van der Waals surface area contributed by atoms with Gasteiger partial charge in [0.05, 0.1) is 5.75 Å². The minimum Gasteiger partial charge on any atom is -0.352 e. The first-order valence-electron chi connectivity index (χ1n) is 6.17. The van der Waals surface area contributed by atoms with Crippen LogP contribution in [0.25, 0.3) is 0 Å². The Morgan fingerprint density at radius 2 is 1.89 bits per heavy atom. The van der Waals surface area contributed by atoms with E-state index in [9.17, 15) is 13.2 Å². The van der Waals surface area contributed by atoms with Gasteiger partial charge in [0.25, 0.3) is 5.91 Å². The Kier molecular flexibility index (Phi) is 5.98. The van der Waals surface area contributed by atoms with Crippen molar-refractivity contribution in [2.45, 2.75) is 12.8 Å². The average molecular weight is 284 g/mol. The molecule has 0 atom stereocenters. The third kappa shape index (κ3) is 6.35. The first-order valence-corrected chi connectivity index (χ1v) is 8.23. The van der Waals surface area contributed by atoms with Crippen LogP contribution in [0.15, 0.2) is 24.3 Å². The third-order valence-electron chi connectivity index (χ3n) is 2.63. The van der Waals surface area contributed by atoms with Crippen LogP contribution >= 0.6 is 0 Å². The van der Waals surface area contributed by atoms with Crippen LogP contribution in [0.4, 0.5) is 0 Å².